The van der Waals surface area contributed by atoms with Gasteiger partial charge in [0.1, 0.15) is 5.75 Å². The summed E-state index contributed by atoms with van der Waals surface area (Å²) in [6, 6.07) is 13.3. The predicted octanol–water partition coefficient (Wildman–Crippen LogP) is 3.70. The molecule has 2 aromatic rings. The summed E-state index contributed by atoms with van der Waals surface area (Å²) in [5.74, 6) is 0.897. The zero-order valence-corrected chi connectivity index (χ0v) is 13.1. The van der Waals surface area contributed by atoms with Crippen LogP contribution in [0.2, 0.25) is 0 Å². The number of rotatable bonds is 4. The van der Waals surface area contributed by atoms with Crippen molar-refractivity contribution < 1.29 is 9.94 Å². The number of hydrogen-bond donors (Lipinski definition) is 2. The molecule has 0 aromatic heterocycles. The molecule has 6 heteroatoms. The van der Waals surface area contributed by atoms with Gasteiger partial charge in [0.25, 0.3) is 0 Å². The molecule has 20 heavy (non-hydrogen) atoms. The Morgan fingerprint density at radius 3 is 2.55 bits per heavy atom. The molecule has 0 saturated carbocycles. The third-order valence-electron chi connectivity index (χ3n) is 2.61. The lowest BCUT2D eigenvalue weighted by atomic mass is 10.2. The lowest BCUT2D eigenvalue weighted by Crippen LogP contribution is -2.14. The Morgan fingerprint density at radius 2 is 1.95 bits per heavy atom. The van der Waals surface area contributed by atoms with Crippen LogP contribution in [0.4, 0.5) is 0 Å². The van der Waals surface area contributed by atoms with Crippen molar-refractivity contribution in [3.05, 3.63) is 52.5 Å². The van der Waals surface area contributed by atoms with Crippen LogP contribution in [0.15, 0.2) is 61.9 Å². The molecule has 0 fully saturated rings. The third kappa shape index (κ3) is 3.46. The van der Waals surface area contributed by atoms with E-state index in [1.54, 1.807) is 7.11 Å². The van der Waals surface area contributed by atoms with Gasteiger partial charge in [0.05, 0.1) is 7.11 Å². The number of benzene rings is 2. The number of hydrogen-bond acceptors (Lipinski definition) is 4. The largest absolute Gasteiger partial charge is 0.497 e. The molecule has 0 amide bonds. The van der Waals surface area contributed by atoms with E-state index >= 15 is 0 Å². The predicted molar refractivity (Wildman–Crippen MR) is 83.8 cm³/mol. The van der Waals surface area contributed by atoms with Crippen molar-refractivity contribution in [3.8, 4) is 5.75 Å². The highest BCUT2D eigenvalue weighted by Crippen LogP contribution is 2.33. The second kappa shape index (κ2) is 6.67. The van der Waals surface area contributed by atoms with Crippen LogP contribution in [0.25, 0.3) is 0 Å². The first kappa shape index (κ1) is 14.7. The molecule has 0 saturated heterocycles. The Labute approximate surface area is 129 Å². The number of amidine groups is 1. The van der Waals surface area contributed by atoms with E-state index < -0.39 is 0 Å². The van der Waals surface area contributed by atoms with Crippen molar-refractivity contribution in [2.75, 3.05) is 7.11 Å². The van der Waals surface area contributed by atoms with Gasteiger partial charge in [0.2, 0.25) is 0 Å². The summed E-state index contributed by atoms with van der Waals surface area (Å²) in [5.41, 5.74) is 6.39. The minimum absolute atomic E-state index is 0.0912. The van der Waals surface area contributed by atoms with E-state index in [2.05, 4.69) is 21.1 Å². The summed E-state index contributed by atoms with van der Waals surface area (Å²) in [6.07, 6.45) is 0. The van der Waals surface area contributed by atoms with E-state index in [1.165, 1.54) is 11.8 Å². The van der Waals surface area contributed by atoms with Crippen molar-refractivity contribution in [1.29, 1.82) is 0 Å². The average molecular weight is 353 g/mol. The van der Waals surface area contributed by atoms with Gasteiger partial charge in [0.15, 0.2) is 5.84 Å². The summed E-state index contributed by atoms with van der Waals surface area (Å²) in [5, 5.41) is 11.9. The highest BCUT2D eigenvalue weighted by Gasteiger charge is 2.09. The summed E-state index contributed by atoms with van der Waals surface area (Å²) in [7, 11) is 1.63. The number of nitrogens with zero attached hydrogens (tertiary/aromatic N) is 1. The monoisotopic (exact) mass is 352 g/mol. The zero-order valence-electron chi connectivity index (χ0n) is 10.7. The van der Waals surface area contributed by atoms with Crippen LogP contribution in [-0.2, 0) is 0 Å². The zero-order chi connectivity index (χ0) is 14.5. The van der Waals surface area contributed by atoms with Crippen molar-refractivity contribution >= 4 is 33.5 Å². The van der Waals surface area contributed by atoms with E-state index in [4.69, 9.17) is 15.7 Å². The molecule has 0 radical (unpaired) electrons. The van der Waals surface area contributed by atoms with E-state index in [1.807, 2.05) is 42.5 Å². The fourth-order valence-corrected chi connectivity index (χ4v) is 3.12. The Balaban J connectivity index is 2.33. The number of ether oxygens (including phenoxy) is 1. The third-order valence-corrected chi connectivity index (χ3v) is 4.17. The number of oxime groups is 1. The second-order valence-corrected chi connectivity index (χ2v) is 5.93. The standard InChI is InChI=1S/C14H13BrN2O2S/c1-19-10-3-5-11(6-4-10)20-13-8-9(15)2-7-12(13)14(16)17-18/h2-8,18H,1H3,(H2,16,17). The van der Waals surface area contributed by atoms with Gasteiger partial charge in [-0.2, -0.15) is 0 Å². The molecule has 0 bridgehead atoms. The number of nitrogens with two attached hydrogens (primary N) is 1. The summed E-state index contributed by atoms with van der Waals surface area (Å²) in [6.45, 7) is 0. The second-order valence-electron chi connectivity index (χ2n) is 3.90. The fraction of sp³-hybridized carbons (Fsp3) is 0.0714. The molecule has 104 valence electrons. The maximum Gasteiger partial charge on any atom is 0.171 e. The van der Waals surface area contributed by atoms with Crippen LogP contribution < -0.4 is 10.5 Å². The molecule has 0 spiro atoms. The van der Waals surface area contributed by atoms with Gasteiger partial charge in [-0.25, -0.2) is 0 Å². The molecular weight excluding hydrogens is 340 g/mol. The van der Waals surface area contributed by atoms with Crippen LogP contribution in [0.1, 0.15) is 5.56 Å². The molecule has 0 aliphatic rings. The summed E-state index contributed by atoms with van der Waals surface area (Å²) >= 11 is 4.96. The van der Waals surface area contributed by atoms with E-state index in [0.717, 1.165) is 20.0 Å². The van der Waals surface area contributed by atoms with Crippen molar-refractivity contribution in [1.82, 2.24) is 0 Å². The number of halogens is 1. The first-order valence-electron chi connectivity index (χ1n) is 5.73. The Kier molecular flexibility index (Phi) is 4.92. The van der Waals surface area contributed by atoms with Crippen molar-refractivity contribution in [2.24, 2.45) is 10.9 Å². The summed E-state index contributed by atoms with van der Waals surface area (Å²) < 4.78 is 6.06. The van der Waals surface area contributed by atoms with E-state index in [0.29, 0.717) is 5.56 Å². The van der Waals surface area contributed by atoms with Gasteiger partial charge in [-0.05, 0) is 42.5 Å². The van der Waals surface area contributed by atoms with Gasteiger partial charge in [-0.3, -0.25) is 0 Å². The maximum atomic E-state index is 8.84. The van der Waals surface area contributed by atoms with Gasteiger partial charge in [-0.15, -0.1) is 0 Å². The first-order valence-corrected chi connectivity index (χ1v) is 7.34. The van der Waals surface area contributed by atoms with Crippen molar-refractivity contribution in [3.63, 3.8) is 0 Å². The van der Waals surface area contributed by atoms with Gasteiger partial charge >= 0.3 is 0 Å². The van der Waals surface area contributed by atoms with Crippen molar-refractivity contribution in [2.45, 2.75) is 9.79 Å². The lowest BCUT2D eigenvalue weighted by Gasteiger charge is -2.09. The van der Waals surface area contributed by atoms with Gasteiger partial charge in [0, 0.05) is 19.8 Å². The summed E-state index contributed by atoms with van der Waals surface area (Å²) in [4.78, 5) is 1.94. The smallest absolute Gasteiger partial charge is 0.171 e. The van der Waals surface area contributed by atoms with E-state index in [9.17, 15) is 0 Å². The van der Waals surface area contributed by atoms with Crippen LogP contribution in [0.5, 0.6) is 5.75 Å². The first-order chi connectivity index (χ1) is 9.63. The van der Waals surface area contributed by atoms with Crippen LogP contribution >= 0.6 is 27.7 Å². The molecule has 0 unspecified atom stereocenters. The number of methoxy groups -OCH3 is 1. The molecule has 2 aromatic carbocycles. The van der Waals surface area contributed by atoms with Gasteiger partial charge < -0.3 is 15.7 Å². The quantitative estimate of drug-likeness (QED) is 0.381. The molecule has 0 heterocycles. The van der Waals surface area contributed by atoms with Crippen LogP contribution in [0.3, 0.4) is 0 Å². The average Bonchev–Trinajstić information content (AvgIpc) is 2.47. The van der Waals surface area contributed by atoms with Crippen LogP contribution in [0, 0.1) is 0 Å². The molecule has 0 aliphatic carbocycles. The SMILES string of the molecule is COc1ccc(Sc2cc(Br)ccc2/C(N)=N/O)cc1. The highest BCUT2D eigenvalue weighted by atomic mass is 79.9. The topological polar surface area (TPSA) is 67.8 Å². The van der Waals surface area contributed by atoms with Gasteiger partial charge in [-0.1, -0.05) is 32.8 Å². The minimum atomic E-state index is 0.0912. The molecular formula is C14H13BrN2O2S. The maximum absolute atomic E-state index is 8.84. The lowest BCUT2D eigenvalue weighted by molar-refractivity contribution is 0.318. The van der Waals surface area contributed by atoms with E-state index in [-0.39, 0.29) is 5.84 Å². The fourth-order valence-electron chi connectivity index (χ4n) is 1.62. The van der Waals surface area contributed by atoms with Crippen LogP contribution in [-0.4, -0.2) is 18.2 Å². The Bertz CT molecular complexity index is 630. The molecule has 2 rings (SSSR count). The normalized spacial score (nSPS) is 11.4. The molecule has 0 atom stereocenters. The Morgan fingerprint density at radius 1 is 1.25 bits per heavy atom. The molecule has 4 nitrogen and oxygen atoms in total. The highest BCUT2D eigenvalue weighted by molar-refractivity contribution is 9.10. The molecule has 3 N–H and O–H groups in total. The molecule has 0 aliphatic heterocycles. The minimum Gasteiger partial charge on any atom is -0.497 e. The Hall–Kier alpha value is -1.66.